The fourth-order valence-corrected chi connectivity index (χ4v) is 5.71. The molecule has 8 nitrogen and oxygen atoms in total. The highest BCUT2D eigenvalue weighted by Gasteiger charge is 2.30. The third-order valence-corrected chi connectivity index (χ3v) is 8.34. The molecule has 2 aromatic rings. The molecule has 1 aliphatic rings. The molecule has 10 heteroatoms. The maximum absolute atomic E-state index is 12.7. The van der Waals surface area contributed by atoms with Crippen molar-refractivity contribution in [2.24, 2.45) is 5.73 Å². The van der Waals surface area contributed by atoms with Crippen LogP contribution in [-0.2, 0) is 23.0 Å². The first kappa shape index (κ1) is 22.4. The first-order chi connectivity index (χ1) is 14.0. The number of anilines is 1. The molecule has 2 heterocycles. The van der Waals surface area contributed by atoms with E-state index in [4.69, 9.17) is 5.73 Å². The van der Waals surface area contributed by atoms with Crippen LogP contribution >= 0.6 is 11.3 Å². The normalized spacial score (nSPS) is 16.5. The van der Waals surface area contributed by atoms with Crippen molar-refractivity contribution in [2.45, 2.75) is 37.8 Å². The molecule has 3 rings (SSSR count). The molecule has 0 bridgehead atoms. The summed E-state index contributed by atoms with van der Waals surface area (Å²) in [5.41, 5.74) is 7.24. The molecule has 0 saturated heterocycles. The van der Waals surface area contributed by atoms with E-state index in [1.54, 1.807) is 0 Å². The van der Waals surface area contributed by atoms with Crippen molar-refractivity contribution >= 4 is 38.2 Å². The van der Waals surface area contributed by atoms with E-state index in [9.17, 15) is 18.0 Å². The Morgan fingerprint density at radius 3 is 2.37 bits per heavy atom. The van der Waals surface area contributed by atoms with Gasteiger partial charge in [0, 0.05) is 26.1 Å². The van der Waals surface area contributed by atoms with Crippen LogP contribution in [0, 0.1) is 0 Å². The van der Waals surface area contributed by atoms with Gasteiger partial charge < -0.3 is 16.0 Å². The molecule has 1 aromatic carbocycles. The molecule has 0 aliphatic carbocycles. The van der Waals surface area contributed by atoms with Crippen molar-refractivity contribution in [3.63, 3.8) is 0 Å². The highest BCUT2D eigenvalue weighted by molar-refractivity contribution is 7.89. The summed E-state index contributed by atoms with van der Waals surface area (Å²) < 4.78 is 25.5. The predicted octanol–water partition coefficient (Wildman–Crippen LogP) is 0.699. The molecule has 1 aromatic heterocycles. The Kier molecular flexibility index (Phi) is 6.32. The zero-order chi connectivity index (χ0) is 22.2. The third kappa shape index (κ3) is 4.27. The van der Waals surface area contributed by atoms with Crippen LogP contribution in [0.1, 0.15) is 45.0 Å². The van der Waals surface area contributed by atoms with Crippen LogP contribution in [-0.4, -0.2) is 51.2 Å². The molecule has 0 spiro atoms. The summed E-state index contributed by atoms with van der Waals surface area (Å²) in [4.78, 5) is 27.5. The highest BCUT2D eigenvalue weighted by Crippen LogP contribution is 2.34. The summed E-state index contributed by atoms with van der Waals surface area (Å²) in [6.07, 6.45) is 0.741. The second kappa shape index (κ2) is 8.46. The number of nitrogens with two attached hydrogens (primary N) is 1. The summed E-state index contributed by atoms with van der Waals surface area (Å²) in [6, 6.07) is 6.15. The number of fused-ring (bicyclic) bond motifs is 1. The number of thiophene rings is 1. The fourth-order valence-electron chi connectivity index (χ4n) is 3.51. The number of amides is 2. The minimum atomic E-state index is -3.57. The zero-order valence-corrected chi connectivity index (χ0v) is 19.1. The highest BCUT2D eigenvalue weighted by atomic mass is 32.2. The van der Waals surface area contributed by atoms with E-state index in [-0.39, 0.29) is 4.90 Å². The first-order valence-electron chi connectivity index (χ1n) is 9.65. The van der Waals surface area contributed by atoms with E-state index >= 15 is 0 Å². The number of rotatable bonds is 6. The minimum Gasteiger partial charge on any atom is -0.365 e. The van der Waals surface area contributed by atoms with E-state index in [1.165, 1.54) is 54.6 Å². The molecule has 0 saturated carbocycles. The summed E-state index contributed by atoms with van der Waals surface area (Å²) in [5.74, 6) is -0.971. The molecule has 0 fully saturated rings. The van der Waals surface area contributed by atoms with Crippen molar-refractivity contribution in [1.29, 1.82) is 0 Å². The van der Waals surface area contributed by atoms with E-state index < -0.39 is 21.8 Å². The SMILES string of the molecule is CC(C)[NH+]1CCc2c(sc(NC(=O)c3ccc(S(=O)(=O)N(C)C)cc3)c2C(N)=O)C1. The minimum absolute atomic E-state index is 0.102. The Morgan fingerprint density at radius 2 is 1.83 bits per heavy atom. The smallest absolute Gasteiger partial charge is 0.256 e. The second-order valence-electron chi connectivity index (χ2n) is 7.83. The van der Waals surface area contributed by atoms with E-state index in [2.05, 4.69) is 19.2 Å². The van der Waals surface area contributed by atoms with Crippen LogP contribution in [0.25, 0.3) is 0 Å². The Balaban J connectivity index is 1.86. The van der Waals surface area contributed by atoms with Crippen LogP contribution in [0.4, 0.5) is 5.00 Å². The molecule has 2 amide bonds. The Hall–Kier alpha value is -2.27. The fraction of sp³-hybridized carbons (Fsp3) is 0.400. The van der Waals surface area contributed by atoms with Gasteiger partial charge in [0.1, 0.15) is 11.5 Å². The number of hydrogen-bond donors (Lipinski definition) is 3. The van der Waals surface area contributed by atoms with Gasteiger partial charge in [0.05, 0.1) is 27.9 Å². The van der Waals surface area contributed by atoms with Crippen molar-refractivity contribution in [3.8, 4) is 0 Å². The van der Waals surface area contributed by atoms with Gasteiger partial charge in [-0.05, 0) is 43.7 Å². The maximum atomic E-state index is 12.7. The Labute approximate surface area is 180 Å². The Morgan fingerprint density at radius 1 is 1.20 bits per heavy atom. The van der Waals surface area contributed by atoms with E-state index in [1.807, 2.05) is 0 Å². The van der Waals surface area contributed by atoms with Crippen molar-refractivity contribution in [3.05, 3.63) is 45.8 Å². The Bertz CT molecular complexity index is 1070. The number of carbonyl (C=O) groups excluding carboxylic acids is 2. The van der Waals surface area contributed by atoms with Gasteiger partial charge in [0.15, 0.2) is 0 Å². The van der Waals surface area contributed by atoms with Crippen molar-refractivity contribution < 1.29 is 22.9 Å². The molecule has 1 aliphatic heterocycles. The summed E-state index contributed by atoms with van der Waals surface area (Å²) in [7, 11) is -0.678. The predicted molar refractivity (Wildman–Crippen MR) is 116 cm³/mol. The van der Waals surface area contributed by atoms with Gasteiger partial charge in [0.2, 0.25) is 10.0 Å². The topological polar surface area (TPSA) is 114 Å². The molecule has 162 valence electrons. The summed E-state index contributed by atoms with van der Waals surface area (Å²) >= 11 is 1.39. The average Bonchev–Trinajstić information content (AvgIpc) is 3.04. The van der Waals surface area contributed by atoms with Gasteiger partial charge in [-0.25, -0.2) is 12.7 Å². The number of carbonyl (C=O) groups is 2. The molecule has 4 N–H and O–H groups in total. The van der Waals surface area contributed by atoms with Gasteiger partial charge in [-0.3, -0.25) is 9.59 Å². The van der Waals surface area contributed by atoms with Gasteiger partial charge in [0.25, 0.3) is 11.8 Å². The lowest BCUT2D eigenvalue weighted by Gasteiger charge is -2.27. The van der Waals surface area contributed by atoms with Gasteiger partial charge in [-0.2, -0.15) is 0 Å². The molecule has 0 radical (unpaired) electrons. The van der Waals surface area contributed by atoms with Crippen LogP contribution in [0.5, 0.6) is 0 Å². The quantitative estimate of drug-likeness (QED) is 0.600. The molecule has 1 atom stereocenters. The molecular weight excluding hydrogens is 424 g/mol. The number of nitrogens with one attached hydrogen (secondary N) is 2. The van der Waals surface area contributed by atoms with Gasteiger partial charge in [-0.1, -0.05) is 0 Å². The number of benzene rings is 1. The molecular formula is C20H27N4O4S2+. The zero-order valence-electron chi connectivity index (χ0n) is 17.5. The number of quaternary nitrogens is 1. The monoisotopic (exact) mass is 451 g/mol. The number of hydrogen-bond acceptors (Lipinski definition) is 5. The number of primary amides is 1. The van der Waals surface area contributed by atoms with E-state index in [0.29, 0.717) is 22.2 Å². The van der Waals surface area contributed by atoms with Gasteiger partial charge in [-0.15, -0.1) is 11.3 Å². The van der Waals surface area contributed by atoms with Crippen molar-refractivity contribution in [1.82, 2.24) is 4.31 Å². The number of sulfonamides is 1. The lowest BCUT2D eigenvalue weighted by Crippen LogP contribution is -3.14. The van der Waals surface area contributed by atoms with Crippen LogP contribution in [0.2, 0.25) is 0 Å². The van der Waals surface area contributed by atoms with Crippen LogP contribution in [0.15, 0.2) is 29.2 Å². The van der Waals surface area contributed by atoms with Crippen molar-refractivity contribution in [2.75, 3.05) is 26.0 Å². The largest absolute Gasteiger partial charge is 0.365 e. The number of nitrogens with zero attached hydrogens (tertiary/aromatic N) is 1. The average molecular weight is 452 g/mol. The molecule has 1 unspecified atom stereocenters. The molecule has 30 heavy (non-hydrogen) atoms. The third-order valence-electron chi connectivity index (χ3n) is 5.36. The lowest BCUT2D eigenvalue weighted by molar-refractivity contribution is -0.936. The van der Waals surface area contributed by atoms with E-state index in [0.717, 1.165) is 34.3 Å². The van der Waals surface area contributed by atoms with Gasteiger partial charge >= 0.3 is 0 Å². The second-order valence-corrected chi connectivity index (χ2v) is 11.1. The summed E-state index contributed by atoms with van der Waals surface area (Å²) in [6.45, 7) is 6.03. The maximum Gasteiger partial charge on any atom is 0.256 e. The summed E-state index contributed by atoms with van der Waals surface area (Å²) in [5, 5.41) is 3.25. The standard InChI is InChI=1S/C20H26N4O4S2/c1-12(2)24-10-9-15-16(11-24)29-20(17(15)18(21)25)22-19(26)13-5-7-14(8-6-13)30(27,28)23(3)4/h5-8,12H,9-11H2,1-4H3,(H2,21,25)(H,22,26)/p+1. The van der Waals surface area contributed by atoms with Crippen LogP contribution < -0.4 is 16.0 Å². The lowest BCUT2D eigenvalue weighted by atomic mass is 10.0. The first-order valence-corrected chi connectivity index (χ1v) is 11.9. The van der Waals surface area contributed by atoms with Crippen LogP contribution in [0.3, 0.4) is 0 Å².